The van der Waals surface area contributed by atoms with Crippen LogP contribution in [0.4, 0.5) is 0 Å². The second-order valence-electron chi connectivity index (χ2n) is 8.20. The van der Waals surface area contributed by atoms with Crippen LogP contribution in [0.15, 0.2) is 12.3 Å². The molecule has 9 heteroatoms. The normalized spacial score (nSPS) is 20.3. The van der Waals surface area contributed by atoms with Gasteiger partial charge < -0.3 is 4.90 Å². The van der Waals surface area contributed by atoms with Crippen LogP contribution < -0.4 is 0 Å². The highest BCUT2D eigenvalue weighted by Gasteiger charge is 2.45. The van der Waals surface area contributed by atoms with Crippen LogP contribution in [0.1, 0.15) is 56.3 Å². The molecule has 0 N–H and O–H groups in total. The van der Waals surface area contributed by atoms with Crippen molar-refractivity contribution in [2.24, 2.45) is 5.92 Å². The molecule has 3 rings (SSSR count). The quantitative estimate of drug-likeness (QED) is 0.717. The van der Waals surface area contributed by atoms with Gasteiger partial charge in [-0.3, -0.25) is 14.4 Å². The zero-order chi connectivity index (χ0) is 20.3. The number of likely N-dealkylation sites (N-methyl/N-ethyl adjacent to an activating group) is 1. The van der Waals surface area contributed by atoms with E-state index in [0.29, 0.717) is 24.7 Å². The van der Waals surface area contributed by atoms with Crippen molar-refractivity contribution in [2.45, 2.75) is 58.7 Å². The Hall–Kier alpha value is -2.29. The first-order valence-electron chi connectivity index (χ1n) is 10.1. The zero-order valence-electron chi connectivity index (χ0n) is 17.7. The number of carbonyl (C=O) groups excluding carboxylic acids is 1. The highest BCUT2D eigenvalue weighted by Crippen LogP contribution is 2.35. The fraction of sp³-hybridized carbons (Fsp3) is 0.737. The third kappa shape index (κ3) is 3.80. The van der Waals surface area contributed by atoms with E-state index in [-0.39, 0.29) is 5.91 Å². The summed E-state index contributed by atoms with van der Waals surface area (Å²) < 4.78 is 3.67. The lowest BCUT2D eigenvalue weighted by molar-refractivity contribution is 0.0249. The van der Waals surface area contributed by atoms with Crippen molar-refractivity contribution in [1.82, 2.24) is 39.8 Å². The van der Waals surface area contributed by atoms with Crippen LogP contribution in [0.5, 0.6) is 0 Å². The Kier molecular flexibility index (Phi) is 6.12. The van der Waals surface area contributed by atoms with Gasteiger partial charge >= 0.3 is 0 Å². The lowest BCUT2D eigenvalue weighted by Crippen LogP contribution is -2.56. The summed E-state index contributed by atoms with van der Waals surface area (Å²) in [6.07, 6.45) is 4.52. The van der Waals surface area contributed by atoms with Crippen LogP contribution in [-0.2, 0) is 18.6 Å². The highest BCUT2D eigenvalue weighted by molar-refractivity contribution is 5.92. The van der Waals surface area contributed by atoms with E-state index in [4.69, 9.17) is 0 Å². The Morgan fingerprint density at radius 2 is 2.11 bits per heavy atom. The number of aromatic nitrogens is 6. The van der Waals surface area contributed by atoms with Crippen molar-refractivity contribution in [1.29, 1.82) is 0 Å². The molecule has 2 aromatic rings. The molecule has 0 saturated carbocycles. The molecule has 1 unspecified atom stereocenters. The van der Waals surface area contributed by atoms with E-state index in [1.54, 1.807) is 16.9 Å². The molecule has 1 aliphatic heterocycles. The predicted molar refractivity (Wildman–Crippen MR) is 106 cm³/mol. The van der Waals surface area contributed by atoms with E-state index in [0.717, 1.165) is 38.2 Å². The molecule has 2 aromatic heterocycles. The number of tetrazole rings is 1. The molecular formula is C19H32N8O. The van der Waals surface area contributed by atoms with Crippen molar-refractivity contribution in [2.75, 3.05) is 27.2 Å². The third-order valence-electron chi connectivity index (χ3n) is 5.72. The van der Waals surface area contributed by atoms with Crippen LogP contribution in [-0.4, -0.2) is 72.9 Å². The monoisotopic (exact) mass is 388 g/mol. The second-order valence-corrected chi connectivity index (χ2v) is 8.20. The van der Waals surface area contributed by atoms with Gasteiger partial charge in [-0.05, 0) is 62.7 Å². The topological polar surface area (TPSA) is 85.0 Å². The minimum absolute atomic E-state index is 0.0199. The van der Waals surface area contributed by atoms with Crippen molar-refractivity contribution in [3.05, 3.63) is 23.8 Å². The Morgan fingerprint density at radius 3 is 2.79 bits per heavy atom. The van der Waals surface area contributed by atoms with Gasteiger partial charge in [-0.15, -0.1) is 5.10 Å². The largest absolute Gasteiger partial charge is 0.335 e. The summed E-state index contributed by atoms with van der Waals surface area (Å²) in [6.45, 7) is 9.15. The van der Waals surface area contributed by atoms with Gasteiger partial charge in [0.15, 0.2) is 5.82 Å². The minimum atomic E-state index is -0.397. The fourth-order valence-corrected chi connectivity index (χ4v) is 3.95. The fourth-order valence-electron chi connectivity index (χ4n) is 3.95. The van der Waals surface area contributed by atoms with Gasteiger partial charge in [0.1, 0.15) is 11.2 Å². The highest BCUT2D eigenvalue weighted by atomic mass is 16.2. The molecular weight excluding hydrogens is 356 g/mol. The van der Waals surface area contributed by atoms with E-state index in [1.165, 1.54) is 0 Å². The number of piperidine rings is 1. The Balaban J connectivity index is 1.89. The van der Waals surface area contributed by atoms with E-state index in [2.05, 4.69) is 39.4 Å². The molecule has 0 aliphatic carbocycles. The number of likely N-dealkylation sites (tertiary alicyclic amines) is 1. The first-order valence-corrected chi connectivity index (χ1v) is 10.1. The molecule has 0 bridgehead atoms. The van der Waals surface area contributed by atoms with Crippen LogP contribution >= 0.6 is 0 Å². The van der Waals surface area contributed by atoms with Gasteiger partial charge in [-0.1, -0.05) is 13.8 Å². The summed E-state index contributed by atoms with van der Waals surface area (Å²) in [5.41, 5.74) is 0.238. The first-order chi connectivity index (χ1) is 13.4. The molecule has 9 nitrogen and oxygen atoms in total. The Morgan fingerprint density at radius 1 is 1.32 bits per heavy atom. The van der Waals surface area contributed by atoms with E-state index in [1.807, 2.05) is 30.6 Å². The van der Waals surface area contributed by atoms with Crippen LogP contribution in [0, 0.1) is 5.92 Å². The number of aryl methyl sites for hydroxylation is 2. The molecule has 0 spiro atoms. The molecule has 1 fully saturated rings. The molecule has 1 saturated heterocycles. The van der Waals surface area contributed by atoms with E-state index in [9.17, 15) is 4.79 Å². The van der Waals surface area contributed by atoms with Crippen LogP contribution in [0.2, 0.25) is 0 Å². The summed E-state index contributed by atoms with van der Waals surface area (Å²) in [4.78, 5) is 17.3. The summed E-state index contributed by atoms with van der Waals surface area (Å²) in [6, 6.07) is 1.80. The van der Waals surface area contributed by atoms with E-state index < -0.39 is 5.54 Å². The van der Waals surface area contributed by atoms with Gasteiger partial charge in [-0.25, -0.2) is 4.68 Å². The molecule has 1 aliphatic rings. The van der Waals surface area contributed by atoms with Gasteiger partial charge in [0, 0.05) is 32.4 Å². The van der Waals surface area contributed by atoms with Crippen molar-refractivity contribution >= 4 is 5.91 Å². The lowest BCUT2D eigenvalue weighted by atomic mass is 9.86. The minimum Gasteiger partial charge on any atom is -0.335 e. The van der Waals surface area contributed by atoms with Gasteiger partial charge in [0.25, 0.3) is 5.91 Å². The standard InChI is InChI=1S/C19H32N8O/c1-6-26-16(8-11-20-26)17(28)25-12-7-10-19(14-25,24(4)5)18-21-22-23-27(18)13-9-15(2)3/h8,11,15H,6-7,9-10,12-14H2,1-5H3. The Bertz CT molecular complexity index is 795. The second kappa shape index (κ2) is 8.38. The predicted octanol–water partition coefficient (Wildman–Crippen LogP) is 1.63. The smallest absolute Gasteiger partial charge is 0.272 e. The summed E-state index contributed by atoms with van der Waals surface area (Å²) in [5.74, 6) is 1.44. The van der Waals surface area contributed by atoms with Crippen molar-refractivity contribution in [3.8, 4) is 0 Å². The molecule has 154 valence electrons. The number of amides is 1. The SMILES string of the molecule is CCn1nccc1C(=O)N1CCCC(c2nnnn2CCC(C)C)(N(C)C)C1. The van der Waals surface area contributed by atoms with Crippen LogP contribution in [0.3, 0.4) is 0 Å². The molecule has 1 atom stereocenters. The van der Waals surface area contributed by atoms with Crippen molar-refractivity contribution < 1.29 is 4.79 Å². The maximum atomic E-state index is 13.2. The molecule has 1 amide bonds. The number of hydrogen-bond acceptors (Lipinski definition) is 6. The number of rotatable bonds is 7. The maximum absolute atomic E-state index is 13.2. The molecule has 0 radical (unpaired) electrons. The average Bonchev–Trinajstić information content (AvgIpc) is 3.34. The van der Waals surface area contributed by atoms with Gasteiger partial charge in [-0.2, -0.15) is 5.10 Å². The number of carbonyl (C=O) groups is 1. The number of nitrogens with zero attached hydrogens (tertiary/aromatic N) is 8. The summed E-state index contributed by atoms with van der Waals surface area (Å²) in [7, 11) is 4.09. The van der Waals surface area contributed by atoms with E-state index >= 15 is 0 Å². The lowest BCUT2D eigenvalue weighted by Gasteiger charge is -2.45. The maximum Gasteiger partial charge on any atom is 0.272 e. The molecule has 28 heavy (non-hydrogen) atoms. The van der Waals surface area contributed by atoms with Crippen LogP contribution in [0.25, 0.3) is 0 Å². The van der Waals surface area contributed by atoms with Gasteiger partial charge in [0.2, 0.25) is 0 Å². The Labute approximate surface area is 166 Å². The molecule has 3 heterocycles. The molecule has 0 aromatic carbocycles. The first kappa shape index (κ1) is 20.4. The zero-order valence-corrected chi connectivity index (χ0v) is 17.7. The van der Waals surface area contributed by atoms with Gasteiger partial charge in [0.05, 0.1) is 0 Å². The third-order valence-corrected chi connectivity index (χ3v) is 5.72. The average molecular weight is 389 g/mol. The van der Waals surface area contributed by atoms with Crippen molar-refractivity contribution in [3.63, 3.8) is 0 Å². The summed E-state index contributed by atoms with van der Waals surface area (Å²) >= 11 is 0. The number of hydrogen-bond donors (Lipinski definition) is 0. The summed E-state index contributed by atoms with van der Waals surface area (Å²) in [5, 5.41) is 16.9.